The summed E-state index contributed by atoms with van der Waals surface area (Å²) in [5.41, 5.74) is 2.30. The number of aryl methyl sites for hydroxylation is 2. The molecule has 5 heterocycles. The zero-order valence-electron chi connectivity index (χ0n) is 22.9. The standard InChI is InChI=1S/C27H30FN11O2/c1-15-10-22(36-35-15)32-25-21-13-30-37(3)26(21)34-24(33-25)17-4-6-18(7-5-17)27(40)39(41)16(2)19-8-9-23(29-11-19)38-14-20(28)12-31-38/h8-14,16-18,41H,4-7H2,1-3H3,(H2,32,33,34,35,36)/t16-,17?,18?/m0/s1. The summed E-state index contributed by atoms with van der Waals surface area (Å²) in [5.74, 6) is 1.38. The molecule has 0 aliphatic heterocycles. The van der Waals surface area contributed by atoms with Crippen molar-refractivity contribution in [2.24, 2.45) is 13.0 Å². The summed E-state index contributed by atoms with van der Waals surface area (Å²) < 4.78 is 16.3. The zero-order valence-corrected chi connectivity index (χ0v) is 22.9. The third-order valence-corrected chi connectivity index (χ3v) is 7.63. The molecule has 1 aliphatic carbocycles. The largest absolute Gasteiger partial charge is 0.323 e. The Labute approximate surface area is 234 Å². The summed E-state index contributed by atoms with van der Waals surface area (Å²) in [7, 11) is 1.84. The number of halogens is 1. The maximum atomic E-state index is 13.3. The summed E-state index contributed by atoms with van der Waals surface area (Å²) in [6.45, 7) is 3.66. The molecule has 1 fully saturated rings. The van der Waals surface area contributed by atoms with E-state index in [2.05, 4.69) is 30.7 Å². The number of pyridine rings is 1. The van der Waals surface area contributed by atoms with Crippen LogP contribution >= 0.6 is 0 Å². The lowest BCUT2D eigenvalue weighted by atomic mass is 9.81. The fourth-order valence-corrected chi connectivity index (χ4v) is 5.24. The van der Waals surface area contributed by atoms with Gasteiger partial charge in [0.2, 0.25) is 5.91 Å². The van der Waals surface area contributed by atoms with E-state index in [0.29, 0.717) is 54.5 Å². The highest BCUT2D eigenvalue weighted by Crippen LogP contribution is 2.37. The highest BCUT2D eigenvalue weighted by molar-refractivity contribution is 5.88. The van der Waals surface area contributed by atoms with Gasteiger partial charge in [-0.15, -0.1) is 0 Å². The molecule has 13 nitrogen and oxygen atoms in total. The topological polar surface area (TPSA) is 156 Å². The van der Waals surface area contributed by atoms with Crippen molar-refractivity contribution in [3.8, 4) is 5.82 Å². The SMILES string of the molecule is Cc1cc(Nc2nc(C3CCC(C(=O)N(O)[C@@H](C)c4ccc(-n5cc(F)cn5)nc4)CC3)nc3c2cnn3C)n[nH]1. The van der Waals surface area contributed by atoms with Gasteiger partial charge in [0, 0.05) is 36.8 Å². The van der Waals surface area contributed by atoms with Crippen molar-refractivity contribution in [3.05, 3.63) is 65.9 Å². The second kappa shape index (κ2) is 10.7. The van der Waals surface area contributed by atoms with E-state index in [9.17, 15) is 14.4 Å². The highest BCUT2D eigenvalue weighted by Gasteiger charge is 2.33. The molecular weight excluding hydrogens is 529 g/mol. The quantitative estimate of drug-likeness (QED) is 0.197. The maximum Gasteiger partial charge on any atom is 0.249 e. The van der Waals surface area contributed by atoms with Crippen LogP contribution < -0.4 is 5.32 Å². The number of hydroxylamine groups is 2. The van der Waals surface area contributed by atoms with Gasteiger partial charge < -0.3 is 5.32 Å². The summed E-state index contributed by atoms with van der Waals surface area (Å²) in [6.07, 6.45) is 8.22. The van der Waals surface area contributed by atoms with Crippen LogP contribution in [0.3, 0.4) is 0 Å². The van der Waals surface area contributed by atoms with Gasteiger partial charge in [0.1, 0.15) is 11.6 Å². The molecule has 0 aromatic carbocycles. The lowest BCUT2D eigenvalue weighted by Crippen LogP contribution is -2.37. The highest BCUT2D eigenvalue weighted by atomic mass is 19.1. The molecule has 1 aliphatic rings. The normalized spacial score (nSPS) is 18.0. The zero-order chi connectivity index (χ0) is 28.7. The Morgan fingerprint density at radius 1 is 1.17 bits per heavy atom. The van der Waals surface area contributed by atoms with Gasteiger partial charge in [-0.25, -0.2) is 29.1 Å². The predicted octanol–water partition coefficient (Wildman–Crippen LogP) is 4.11. The Hall–Kier alpha value is -4.72. The third kappa shape index (κ3) is 5.25. The number of aromatic nitrogens is 9. The van der Waals surface area contributed by atoms with Crippen molar-refractivity contribution >= 4 is 28.6 Å². The second-order valence-corrected chi connectivity index (χ2v) is 10.5. The Kier molecular flexibility index (Phi) is 6.91. The van der Waals surface area contributed by atoms with Crippen LogP contribution in [-0.2, 0) is 11.8 Å². The first-order valence-electron chi connectivity index (χ1n) is 13.4. The molecule has 3 N–H and O–H groups in total. The van der Waals surface area contributed by atoms with E-state index in [1.807, 2.05) is 20.0 Å². The van der Waals surface area contributed by atoms with Gasteiger partial charge in [-0.2, -0.15) is 15.3 Å². The molecule has 1 amide bonds. The van der Waals surface area contributed by atoms with Gasteiger partial charge in [-0.05, 0) is 51.2 Å². The van der Waals surface area contributed by atoms with Crippen molar-refractivity contribution in [2.75, 3.05) is 5.32 Å². The van der Waals surface area contributed by atoms with E-state index in [4.69, 9.17) is 9.97 Å². The van der Waals surface area contributed by atoms with Gasteiger partial charge >= 0.3 is 0 Å². The minimum Gasteiger partial charge on any atom is -0.323 e. The van der Waals surface area contributed by atoms with Gasteiger partial charge in [0.05, 0.1) is 30.0 Å². The number of amides is 1. The molecule has 1 atom stereocenters. The van der Waals surface area contributed by atoms with Gasteiger partial charge in [-0.1, -0.05) is 6.07 Å². The van der Waals surface area contributed by atoms with E-state index < -0.39 is 11.9 Å². The van der Waals surface area contributed by atoms with E-state index in [0.717, 1.165) is 28.0 Å². The van der Waals surface area contributed by atoms with Gasteiger partial charge in [-0.3, -0.25) is 19.8 Å². The van der Waals surface area contributed by atoms with Crippen LogP contribution in [0.2, 0.25) is 0 Å². The Morgan fingerprint density at radius 2 is 1.98 bits per heavy atom. The number of nitrogens with zero attached hydrogens (tertiary/aromatic N) is 9. The summed E-state index contributed by atoms with van der Waals surface area (Å²) in [5, 5.41) is 31.1. The molecule has 5 aromatic rings. The van der Waals surface area contributed by atoms with Crippen molar-refractivity contribution < 1.29 is 14.4 Å². The number of anilines is 2. The predicted molar refractivity (Wildman–Crippen MR) is 146 cm³/mol. The summed E-state index contributed by atoms with van der Waals surface area (Å²) >= 11 is 0. The molecular formula is C27H30FN11O2. The molecule has 0 unspecified atom stereocenters. The molecule has 0 saturated heterocycles. The van der Waals surface area contributed by atoms with Crippen LogP contribution in [-0.4, -0.2) is 60.9 Å². The molecule has 14 heteroatoms. The van der Waals surface area contributed by atoms with Crippen molar-refractivity contribution in [2.45, 2.75) is 51.5 Å². The van der Waals surface area contributed by atoms with Crippen LogP contribution in [0.4, 0.5) is 16.0 Å². The van der Waals surface area contributed by atoms with Crippen LogP contribution in [0, 0.1) is 18.7 Å². The second-order valence-electron chi connectivity index (χ2n) is 10.5. The molecule has 212 valence electrons. The van der Waals surface area contributed by atoms with Gasteiger partial charge in [0.15, 0.2) is 23.1 Å². The molecule has 6 rings (SSSR count). The average molecular weight is 560 g/mol. The Morgan fingerprint density at radius 3 is 2.63 bits per heavy atom. The van der Waals surface area contributed by atoms with E-state index >= 15 is 0 Å². The monoisotopic (exact) mass is 559 g/mol. The van der Waals surface area contributed by atoms with Crippen molar-refractivity contribution in [1.82, 2.24) is 49.8 Å². The minimum atomic E-state index is -0.606. The molecule has 0 radical (unpaired) electrons. The smallest absolute Gasteiger partial charge is 0.249 e. The number of H-pyrrole nitrogens is 1. The van der Waals surface area contributed by atoms with Crippen LogP contribution in [0.1, 0.15) is 61.6 Å². The molecule has 1 saturated carbocycles. The first-order valence-corrected chi connectivity index (χ1v) is 13.4. The van der Waals surface area contributed by atoms with Crippen LogP contribution in [0.15, 0.2) is 43.0 Å². The number of nitrogens with one attached hydrogen (secondary N) is 2. The number of fused-ring (bicyclic) bond motifs is 1. The first kappa shape index (κ1) is 26.5. The fourth-order valence-electron chi connectivity index (χ4n) is 5.24. The lowest BCUT2D eigenvalue weighted by molar-refractivity contribution is -0.181. The van der Waals surface area contributed by atoms with Gasteiger partial charge in [0.25, 0.3) is 0 Å². The molecule has 0 spiro atoms. The molecule has 0 bridgehead atoms. The summed E-state index contributed by atoms with van der Waals surface area (Å²) in [6, 6.07) is 4.69. The van der Waals surface area contributed by atoms with E-state index in [1.165, 1.54) is 10.9 Å². The average Bonchev–Trinajstić information content (AvgIpc) is 3.72. The maximum absolute atomic E-state index is 13.3. The van der Waals surface area contributed by atoms with Crippen molar-refractivity contribution in [3.63, 3.8) is 0 Å². The molecule has 5 aromatic heterocycles. The van der Waals surface area contributed by atoms with Crippen LogP contribution in [0.5, 0.6) is 0 Å². The Balaban J connectivity index is 1.12. The van der Waals surface area contributed by atoms with Crippen LogP contribution in [0.25, 0.3) is 16.9 Å². The first-order chi connectivity index (χ1) is 19.8. The number of carbonyl (C=O) groups is 1. The molecule has 41 heavy (non-hydrogen) atoms. The third-order valence-electron chi connectivity index (χ3n) is 7.63. The number of aromatic amines is 1. The van der Waals surface area contributed by atoms with Crippen molar-refractivity contribution in [1.29, 1.82) is 0 Å². The minimum absolute atomic E-state index is 0.0632. The lowest BCUT2D eigenvalue weighted by Gasteiger charge is -2.31. The Bertz CT molecular complexity index is 1690. The number of hydrogen-bond acceptors (Lipinski definition) is 9. The number of hydrogen-bond donors (Lipinski definition) is 3. The summed E-state index contributed by atoms with van der Waals surface area (Å²) in [4.78, 5) is 27.2. The fraction of sp³-hybridized carbons (Fsp3) is 0.370. The van der Waals surface area contributed by atoms with E-state index in [-0.39, 0.29) is 17.7 Å². The number of carbonyl (C=O) groups excluding carboxylic acids is 1. The number of rotatable bonds is 7. The van der Waals surface area contributed by atoms with E-state index in [1.54, 1.807) is 36.1 Å².